The first-order chi connectivity index (χ1) is 8.05. The predicted molar refractivity (Wildman–Crippen MR) is 82.2 cm³/mol. The van der Waals surface area contributed by atoms with E-state index >= 15 is 0 Å². The minimum Gasteiger partial charge on any atom is -0.400 e. The molecule has 0 saturated carbocycles. The quantitative estimate of drug-likeness (QED) is 0.845. The molecule has 0 aliphatic heterocycles. The third-order valence-corrected chi connectivity index (χ3v) is 1.95. The third-order valence-electron chi connectivity index (χ3n) is 1.95. The van der Waals surface area contributed by atoms with Gasteiger partial charge in [0, 0.05) is 7.11 Å². The number of hydrogen-bond acceptors (Lipinski definition) is 3. The number of hydrogen-bond donors (Lipinski definition) is 1. The first-order valence-electron chi connectivity index (χ1n) is 6.93. The monoisotopic (exact) mass is 263 g/mol. The van der Waals surface area contributed by atoms with Crippen LogP contribution in [-0.4, -0.2) is 48.0 Å². The van der Waals surface area contributed by atoms with E-state index in [0.29, 0.717) is 0 Å². The summed E-state index contributed by atoms with van der Waals surface area (Å²) >= 11 is 0. The summed E-state index contributed by atoms with van der Waals surface area (Å²) in [6, 6.07) is 0. The Morgan fingerprint density at radius 3 is 0.944 bits per heavy atom. The van der Waals surface area contributed by atoms with E-state index in [4.69, 9.17) is 9.84 Å². The Bertz CT molecular complexity index is 135. The van der Waals surface area contributed by atoms with Crippen molar-refractivity contribution >= 4 is 0 Å². The summed E-state index contributed by atoms with van der Waals surface area (Å²) in [5.74, 6) is 0. The molecular formula is C15H37NO2. The standard InChI is InChI=1S/C8H18O.C6H15N.CH4O/c1-7(2,3)9-8(4,5)6;1-4-7(5-2)6-3;1-2/h1-6H3;4-6H2,1-3H3;2H,1H3. The van der Waals surface area contributed by atoms with E-state index in [0.717, 1.165) is 7.11 Å². The van der Waals surface area contributed by atoms with E-state index in [1.54, 1.807) is 0 Å². The van der Waals surface area contributed by atoms with Gasteiger partial charge in [-0.15, -0.1) is 0 Å². The van der Waals surface area contributed by atoms with Gasteiger partial charge in [-0.2, -0.15) is 0 Å². The van der Waals surface area contributed by atoms with Crippen molar-refractivity contribution in [1.29, 1.82) is 0 Å². The predicted octanol–water partition coefficient (Wildman–Crippen LogP) is 3.56. The number of aliphatic hydroxyl groups is 1. The molecule has 0 heterocycles. The Kier molecular flexibility index (Phi) is 15.3. The van der Waals surface area contributed by atoms with Gasteiger partial charge in [0.15, 0.2) is 0 Å². The average molecular weight is 263 g/mol. The highest BCUT2D eigenvalue weighted by Crippen LogP contribution is 2.17. The molecule has 0 bridgehead atoms. The SMILES string of the molecule is CC(C)(C)OC(C)(C)C.CCN(CC)CC.CO. The maximum absolute atomic E-state index is 7.00. The zero-order valence-corrected chi connectivity index (χ0v) is 14.4. The van der Waals surface area contributed by atoms with E-state index in [2.05, 4.69) is 67.2 Å². The Morgan fingerprint density at radius 1 is 0.722 bits per heavy atom. The van der Waals surface area contributed by atoms with Crippen LogP contribution in [0.4, 0.5) is 0 Å². The lowest BCUT2D eigenvalue weighted by Crippen LogP contribution is -2.31. The Hall–Kier alpha value is -0.120. The fourth-order valence-electron chi connectivity index (χ4n) is 1.59. The van der Waals surface area contributed by atoms with Gasteiger partial charge in [0.05, 0.1) is 11.2 Å². The Labute approximate surface area is 116 Å². The van der Waals surface area contributed by atoms with Crippen molar-refractivity contribution < 1.29 is 9.84 Å². The third kappa shape index (κ3) is 24.9. The Balaban J connectivity index is -0.000000225. The smallest absolute Gasteiger partial charge is 0.0605 e. The second-order valence-corrected chi connectivity index (χ2v) is 5.95. The molecule has 0 aliphatic rings. The molecule has 0 fully saturated rings. The van der Waals surface area contributed by atoms with Crippen LogP contribution in [0.2, 0.25) is 0 Å². The van der Waals surface area contributed by atoms with E-state index in [9.17, 15) is 0 Å². The molecule has 18 heavy (non-hydrogen) atoms. The highest BCUT2D eigenvalue weighted by atomic mass is 16.5. The van der Waals surface area contributed by atoms with Crippen LogP contribution in [0.25, 0.3) is 0 Å². The molecular weight excluding hydrogens is 226 g/mol. The summed E-state index contributed by atoms with van der Waals surface area (Å²) in [6.07, 6.45) is 0. The molecule has 0 radical (unpaired) electrons. The van der Waals surface area contributed by atoms with Crippen LogP contribution < -0.4 is 0 Å². The van der Waals surface area contributed by atoms with Crippen LogP contribution in [0, 0.1) is 0 Å². The molecule has 0 amide bonds. The van der Waals surface area contributed by atoms with Crippen LogP contribution >= 0.6 is 0 Å². The maximum Gasteiger partial charge on any atom is 0.0605 e. The molecule has 0 aliphatic carbocycles. The second kappa shape index (κ2) is 11.9. The van der Waals surface area contributed by atoms with Gasteiger partial charge >= 0.3 is 0 Å². The molecule has 3 nitrogen and oxygen atoms in total. The molecule has 1 N–H and O–H groups in total. The fourth-order valence-corrected chi connectivity index (χ4v) is 1.59. The number of nitrogens with zero attached hydrogens (tertiary/aromatic N) is 1. The van der Waals surface area contributed by atoms with Crippen molar-refractivity contribution in [1.82, 2.24) is 4.90 Å². The molecule has 0 rings (SSSR count). The lowest BCUT2D eigenvalue weighted by molar-refractivity contribution is -0.102. The zero-order chi connectivity index (χ0) is 15.4. The van der Waals surface area contributed by atoms with Crippen LogP contribution in [0.5, 0.6) is 0 Å². The van der Waals surface area contributed by atoms with E-state index in [-0.39, 0.29) is 11.2 Å². The molecule has 0 atom stereocenters. The fraction of sp³-hybridized carbons (Fsp3) is 1.00. The normalized spacial score (nSPS) is 11.3. The highest BCUT2D eigenvalue weighted by Gasteiger charge is 2.19. The van der Waals surface area contributed by atoms with Gasteiger partial charge in [-0.25, -0.2) is 0 Å². The first kappa shape index (κ1) is 23.0. The van der Waals surface area contributed by atoms with Crippen LogP contribution in [0.1, 0.15) is 62.3 Å². The summed E-state index contributed by atoms with van der Waals surface area (Å²) in [4.78, 5) is 2.38. The lowest BCUT2D eigenvalue weighted by atomic mass is 10.1. The van der Waals surface area contributed by atoms with Gasteiger partial charge in [-0.3, -0.25) is 0 Å². The topological polar surface area (TPSA) is 32.7 Å². The van der Waals surface area contributed by atoms with E-state index in [1.807, 2.05) is 0 Å². The molecule has 0 saturated heterocycles. The number of rotatable bonds is 3. The number of ether oxygens (including phenoxy) is 1. The van der Waals surface area contributed by atoms with Crippen molar-refractivity contribution in [2.24, 2.45) is 0 Å². The molecule has 114 valence electrons. The molecule has 0 unspecified atom stereocenters. The van der Waals surface area contributed by atoms with Crippen molar-refractivity contribution in [3.63, 3.8) is 0 Å². The highest BCUT2D eigenvalue weighted by molar-refractivity contribution is 4.68. The molecule has 3 heteroatoms. The first-order valence-corrected chi connectivity index (χ1v) is 6.93. The zero-order valence-electron chi connectivity index (χ0n) is 14.4. The van der Waals surface area contributed by atoms with E-state index in [1.165, 1.54) is 19.6 Å². The van der Waals surface area contributed by atoms with Crippen LogP contribution in [0.15, 0.2) is 0 Å². The summed E-state index contributed by atoms with van der Waals surface area (Å²) < 4.78 is 5.62. The van der Waals surface area contributed by atoms with Crippen LogP contribution in [0.3, 0.4) is 0 Å². The lowest BCUT2D eigenvalue weighted by Gasteiger charge is -2.30. The van der Waals surface area contributed by atoms with Crippen molar-refractivity contribution in [2.75, 3.05) is 26.7 Å². The summed E-state index contributed by atoms with van der Waals surface area (Å²) in [5.41, 5.74) is -0.0312. The largest absolute Gasteiger partial charge is 0.400 e. The summed E-state index contributed by atoms with van der Waals surface area (Å²) in [7, 11) is 1.00. The Morgan fingerprint density at radius 2 is 0.944 bits per heavy atom. The van der Waals surface area contributed by atoms with Gasteiger partial charge < -0.3 is 14.7 Å². The van der Waals surface area contributed by atoms with E-state index < -0.39 is 0 Å². The van der Waals surface area contributed by atoms with Crippen molar-refractivity contribution in [3.8, 4) is 0 Å². The van der Waals surface area contributed by atoms with Crippen molar-refractivity contribution in [3.05, 3.63) is 0 Å². The second-order valence-electron chi connectivity index (χ2n) is 5.95. The molecule has 0 aromatic heterocycles. The number of aliphatic hydroxyl groups excluding tert-OH is 1. The molecule has 0 aromatic rings. The van der Waals surface area contributed by atoms with Gasteiger partial charge in [-0.05, 0) is 61.2 Å². The minimum absolute atomic E-state index is 0.0156. The van der Waals surface area contributed by atoms with Gasteiger partial charge in [0.25, 0.3) is 0 Å². The maximum atomic E-state index is 7.00. The van der Waals surface area contributed by atoms with Gasteiger partial charge in [0.2, 0.25) is 0 Å². The average Bonchev–Trinajstić information content (AvgIpc) is 2.19. The van der Waals surface area contributed by atoms with Gasteiger partial charge in [0.1, 0.15) is 0 Å². The summed E-state index contributed by atoms with van der Waals surface area (Å²) in [6.45, 7) is 22.5. The summed E-state index contributed by atoms with van der Waals surface area (Å²) in [5, 5.41) is 7.00. The van der Waals surface area contributed by atoms with Crippen molar-refractivity contribution in [2.45, 2.75) is 73.5 Å². The molecule has 0 aromatic carbocycles. The molecule has 0 spiro atoms. The minimum atomic E-state index is -0.0156. The van der Waals surface area contributed by atoms with Crippen LogP contribution in [-0.2, 0) is 4.74 Å². The van der Waals surface area contributed by atoms with Gasteiger partial charge in [-0.1, -0.05) is 20.8 Å².